The van der Waals surface area contributed by atoms with E-state index in [0.29, 0.717) is 21.2 Å². The Balaban J connectivity index is 2.28. The topological polar surface area (TPSA) is 71.4 Å². The Hall–Kier alpha value is -2.22. The maximum absolute atomic E-state index is 9.91. The first-order chi connectivity index (χ1) is 11.5. The van der Waals surface area contributed by atoms with Gasteiger partial charge in [0.2, 0.25) is 0 Å². The van der Waals surface area contributed by atoms with Gasteiger partial charge in [0.1, 0.15) is 5.41 Å². The maximum Gasteiger partial charge on any atom is 0.175 e. The zero-order valence-corrected chi connectivity index (χ0v) is 14.4. The van der Waals surface area contributed by atoms with Crippen LogP contribution >= 0.6 is 34.8 Å². The Morgan fingerprint density at radius 2 is 1.46 bits per heavy atom. The van der Waals surface area contributed by atoms with E-state index in [1.165, 1.54) is 0 Å². The summed E-state index contributed by atoms with van der Waals surface area (Å²) >= 11 is 18.3. The summed E-state index contributed by atoms with van der Waals surface area (Å²) in [6, 6.07) is 17.8. The molecule has 1 aliphatic carbocycles. The number of benzene rings is 2. The van der Waals surface area contributed by atoms with Crippen LogP contribution in [0.5, 0.6) is 0 Å². The minimum atomic E-state index is -1.54. The summed E-state index contributed by atoms with van der Waals surface area (Å²) in [5.74, 6) is -0.697. The molecule has 0 bridgehead atoms. The molecular formula is C18H8Cl3N3. The van der Waals surface area contributed by atoms with Crippen molar-refractivity contribution in [3.63, 3.8) is 0 Å². The zero-order valence-electron chi connectivity index (χ0n) is 12.1. The zero-order chi connectivity index (χ0) is 17.5. The van der Waals surface area contributed by atoms with E-state index < -0.39 is 16.7 Å². The second kappa shape index (κ2) is 5.70. The fourth-order valence-electron chi connectivity index (χ4n) is 3.34. The predicted molar refractivity (Wildman–Crippen MR) is 91.6 cm³/mol. The van der Waals surface area contributed by atoms with Gasteiger partial charge in [-0.3, -0.25) is 0 Å². The molecule has 24 heavy (non-hydrogen) atoms. The van der Waals surface area contributed by atoms with Crippen molar-refractivity contribution in [2.45, 2.75) is 11.3 Å². The average Bonchev–Trinajstić information content (AvgIpc) is 3.21. The lowest BCUT2D eigenvalue weighted by molar-refractivity contribution is 0.742. The molecule has 2 aromatic carbocycles. The largest absolute Gasteiger partial charge is 0.197 e. The minimum absolute atomic E-state index is 0.255. The number of hydrogen-bond acceptors (Lipinski definition) is 3. The average molecular weight is 373 g/mol. The van der Waals surface area contributed by atoms with E-state index in [1.807, 2.05) is 12.1 Å². The van der Waals surface area contributed by atoms with Crippen molar-refractivity contribution in [3.05, 3.63) is 68.7 Å². The first kappa shape index (κ1) is 16.6. The number of rotatable bonds is 2. The monoisotopic (exact) mass is 371 g/mol. The number of halogens is 3. The Morgan fingerprint density at radius 1 is 0.833 bits per heavy atom. The van der Waals surface area contributed by atoms with Crippen LogP contribution in [-0.2, 0) is 5.41 Å². The van der Waals surface area contributed by atoms with Crippen molar-refractivity contribution in [1.82, 2.24) is 0 Å². The maximum atomic E-state index is 9.91. The summed E-state index contributed by atoms with van der Waals surface area (Å²) < 4.78 is 0. The lowest BCUT2D eigenvalue weighted by Gasteiger charge is -2.10. The molecule has 2 atom stereocenters. The summed E-state index contributed by atoms with van der Waals surface area (Å²) in [5.41, 5.74) is -1.79. The highest BCUT2D eigenvalue weighted by molar-refractivity contribution is 6.42. The molecule has 0 heterocycles. The van der Waals surface area contributed by atoms with E-state index in [9.17, 15) is 15.8 Å². The first-order valence-corrected chi connectivity index (χ1v) is 8.05. The van der Waals surface area contributed by atoms with Gasteiger partial charge < -0.3 is 0 Å². The van der Waals surface area contributed by atoms with Crippen LogP contribution in [0.1, 0.15) is 17.0 Å². The van der Waals surface area contributed by atoms with E-state index in [4.69, 9.17) is 34.8 Å². The summed E-state index contributed by atoms with van der Waals surface area (Å²) in [7, 11) is 0. The number of nitriles is 3. The number of nitrogens with zero attached hydrogens (tertiary/aromatic N) is 3. The van der Waals surface area contributed by atoms with Crippen LogP contribution in [0.15, 0.2) is 42.5 Å². The summed E-state index contributed by atoms with van der Waals surface area (Å²) in [6.45, 7) is 0. The van der Waals surface area contributed by atoms with E-state index >= 15 is 0 Å². The summed E-state index contributed by atoms with van der Waals surface area (Å²) in [4.78, 5) is 0. The molecular weight excluding hydrogens is 365 g/mol. The lowest BCUT2D eigenvalue weighted by atomic mass is 9.88. The molecule has 0 radical (unpaired) electrons. The lowest BCUT2D eigenvalue weighted by Crippen LogP contribution is -2.14. The summed E-state index contributed by atoms with van der Waals surface area (Å²) in [6.07, 6.45) is 0. The molecule has 1 saturated carbocycles. The Morgan fingerprint density at radius 3 is 2.00 bits per heavy atom. The van der Waals surface area contributed by atoms with Crippen molar-refractivity contribution in [3.8, 4) is 18.2 Å². The van der Waals surface area contributed by atoms with E-state index in [-0.39, 0.29) is 5.02 Å². The van der Waals surface area contributed by atoms with E-state index in [2.05, 4.69) is 6.07 Å². The molecule has 6 heteroatoms. The van der Waals surface area contributed by atoms with Crippen LogP contribution in [-0.4, -0.2) is 0 Å². The van der Waals surface area contributed by atoms with Gasteiger partial charge in [-0.15, -0.1) is 0 Å². The minimum Gasteiger partial charge on any atom is -0.197 e. The number of hydrogen-bond donors (Lipinski definition) is 0. The molecule has 2 aromatic rings. The van der Waals surface area contributed by atoms with Crippen molar-refractivity contribution in [2.24, 2.45) is 5.41 Å². The smallest absolute Gasteiger partial charge is 0.175 e. The molecule has 0 saturated heterocycles. The third-order valence-corrected chi connectivity index (χ3v) is 5.61. The first-order valence-electron chi connectivity index (χ1n) is 6.92. The fourth-order valence-corrected chi connectivity index (χ4v) is 3.88. The molecule has 0 amide bonds. The summed E-state index contributed by atoms with van der Waals surface area (Å²) in [5, 5.41) is 30.4. The Labute approximate surface area is 154 Å². The van der Waals surface area contributed by atoms with Gasteiger partial charge in [0, 0.05) is 10.9 Å². The predicted octanol–water partition coefficient (Wildman–Crippen LogP) is 5.24. The molecule has 3 nitrogen and oxygen atoms in total. The van der Waals surface area contributed by atoms with Crippen molar-refractivity contribution < 1.29 is 0 Å². The molecule has 0 unspecified atom stereocenters. The van der Waals surface area contributed by atoms with Gasteiger partial charge in [0.05, 0.1) is 28.3 Å². The van der Waals surface area contributed by atoms with Crippen LogP contribution in [0.4, 0.5) is 0 Å². The van der Waals surface area contributed by atoms with Crippen LogP contribution in [0.25, 0.3) is 0 Å². The second-order valence-electron chi connectivity index (χ2n) is 5.53. The SMILES string of the molecule is N#CC1(C#N)[C@H](c2cccc(Cl)c2Cl)[C@@]1(C#N)c1ccc(Cl)cc1. The third-order valence-electron chi connectivity index (χ3n) is 4.53. The quantitative estimate of drug-likeness (QED) is 0.723. The van der Waals surface area contributed by atoms with E-state index in [0.717, 1.165) is 0 Å². The van der Waals surface area contributed by atoms with Gasteiger partial charge in [-0.05, 0) is 29.3 Å². The van der Waals surface area contributed by atoms with Crippen LogP contribution < -0.4 is 0 Å². The van der Waals surface area contributed by atoms with Gasteiger partial charge in [-0.2, -0.15) is 15.8 Å². The molecule has 3 rings (SSSR count). The molecule has 0 aliphatic heterocycles. The highest BCUT2D eigenvalue weighted by Gasteiger charge is 2.81. The fraction of sp³-hybridized carbons (Fsp3) is 0.167. The standard InChI is InChI=1S/C18H8Cl3N3/c19-12-6-4-11(5-7-12)18(10-24)16(17(18,8-22)9-23)13-2-1-3-14(20)15(13)21/h1-7,16H/t16-,18+/m0/s1. The molecule has 0 aromatic heterocycles. The highest BCUT2D eigenvalue weighted by atomic mass is 35.5. The van der Waals surface area contributed by atoms with E-state index in [1.54, 1.807) is 42.5 Å². The van der Waals surface area contributed by atoms with Gasteiger partial charge in [0.15, 0.2) is 5.41 Å². The normalized spacial score (nSPS) is 23.6. The van der Waals surface area contributed by atoms with Crippen molar-refractivity contribution in [2.75, 3.05) is 0 Å². The Bertz CT molecular complexity index is 933. The third kappa shape index (κ3) is 1.95. The second-order valence-corrected chi connectivity index (χ2v) is 6.76. The van der Waals surface area contributed by atoms with Gasteiger partial charge in [-0.1, -0.05) is 59.1 Å². The van der Waals surface area contributed by atoms with Crippen molar-refractivity contribution >= 4 is 34.8 Å². The highest BCUT2D eigenvalue weighted by Crippen LogP contribution is 2.74. The van der Waals surface area contributed by atoms with Crippen LogP contribution in [0.3, 0.4) is 0 Å². The molecule has 116 valence electrons. The van der Waals surface area contributed by atoms with Gasteiger partial charge >= 0.3 is 0 Å². The van der Waals surface area contributed by atoms with Crippen molar-refractivity contribution in [1.29, 1.82) is 15.8 Å². The van der Waals surface area contributed by atoms with Gasteiger partial charge in [0.25, 0.3) is 0 Å². The van der Waals surface area contributed by atoms with Gasteiger partial charge in [-0.25, -0.2) is 0 Å². The van der Waals surface area contributed by atoms with Crippen LogP contribution in [0.2, 0.25) is 15.1 Å². The Kier molecular flexibility index (Phi) is 3.95. The van der Waals surface area contributed by atoms with Crippen LogP contribution in [0, 0.1) is 39.4 Å². The molecule has 0 N–H and O–H groups in total. The molecule has 0 spiro atoms. The molecule has 1 fully saturated rings. The molecule has 1 aliphatic rings.